The minimum atomic E-state index is 0.507. The molecule has 1 unspecified atom stereocenters. The average Bonchev–Trinajstić information content (AvgIpc) is 2.63. The molecular weight excluding hydrogens is 182 g/mol. The van der Waals surface area contributed by atoms with Gasteiger partial charge < -0.3 is 14.6 Å². The Balaban J connectivity index is 1.76. The minimum absolute atomic E-state index is 0.507. The van der Waals surface area contributed by atoms with Gasteiger partial charge in [-0.3, -0.25) is 0 Å². The molecule has 2 heterocycles. The second kappa shape index (κ2) is 4.41. The molecule has 5 heteroatoms. The lowest BCUT2D eigenvalue weighted by atomic mass is 10.0. The molecule has 2 rings (SSSR count). The maximum atomic E-state index is 5.37. The lowest BCUT2D eigenvalue weighted by Crippen LogP contribution is -2.24. The highest BCUT2D eigenvalue weighted by Gasteiger charge is 2.14. The first kappa shape index (κ1) is 9.45. The van der Waals surface area contributed by atoms with Crippen LogP contribution in [0.4, 0.5) is 6.01 Å². The molecule has 1 aliphatic heterocycles. The first-order valence-electron chi connectivity index (χ1n) is 4.96. The van der Waals surface area contributed by atoms with Gasteiger partial charge in [-0.05, 0) is 25.7 Å². The number of hydrogen-bond donors (Lipinski definition) is 1. The second-order valence-corrected chi connectivity index (χ2v) is 3.61. The largest absolute Gasteiger partial charge is 0.381 e. The Morgan fingerprint density at radius 2 is 2.50 bits per heavy atom. The molecule has 0 spiro atoms. The summed E-state index contributed by atoms with van der Waals surface area (Å²) in [4.78, 5) is 4.07. The van der Waals surface area contributed by atoms with Crippen LogP contribution in [0.3, 0.4) is 0 Å². The first-order valence-corrected chi connectivity index (χ1v) is 4.96. The van der Waals surface area contributed by atoms with E-state index in [9.17, 15) is 0 Å². The predicted molar refractivity (Wildman–Crippen MR) is 51.1 cm³/mol. The molecule has 1 saturated heterocycles. The Kier molecular flexibility index (Phi) is 2.98. The van der Waals surface area contributed by atoms with Crippen LogP contribution in [0.5, 0.6) is 0 Å². The van der Waals surface area contributed by atoms with Gasteiger partial charge >= 0.3 is 6.01 Å². The number of nitrogens with one attached hydrogen (secondary N) is 1. The highest BCUT2D eigenvalue weighted by molar-refractivity contribution is 5.17. The third kappa shape index (κ3) is 2.45. The lowest BCUT2D eigenvalue weighted by molar-refractivity contribution is 0.0593. The van der Waals surface area contributed by atoms with Crippen LogP contribution in [0.25, 0.3) is 0 Å². The molecule has 0 aromatic carbocycles. The zero-order chi connectivity index (χ0) is 9.80. The van der Waals surface area contributed by atoms with Gasteiger partial charge in [0.05, 0.1) is 6.61 Å². The van der Waals surface area contributed by atoms with Gasteiger partial charge in [0.2, 0.25) is 0 Å². The Bertz CT molecular complexity index is 281. The van der Waals surface area contributed by atoms with E-state index in [4.69, 9.17) is 9.26 Å². The zero-order valence-corrected chi connectivity index (χ0v) is 8.32. The Morgan fingerprint density at radius 3 is 3.14 bits per heavy atom. The van der Waals surface area contributed by atoms with Crippen LogP contribution in [0, 0.1) is 12.8 Å². The zero-order valence-electron chi connectivity index (χ0n) is 8.32. The molecule has 1 aromatic heterocycles. The molecule has 0 amide bonds. The fraction of sp³-hybridized carbons (Fsp3) is 0.778. The summed E-state index contributed by atoms with van der Waals surface area (Å²) < 4.78 is 10.3. The van der Waals surface area contributed by atoms with Gasteiger partial charge in [-0.1, -0.05) is 5.16 Å². The number of hydrogen-bond acceptors (Lipinski definition) is 5. The molecule has 14 heavy (non-hydrogen) atoms. The molecule has 78 valence electrons. The van der Waals surface area contributed by atoms with Crippen LogP contribution in [-0.4, -0.2) is 29.9 Å². The molecule has 0 bridgehead atoms. The van der Waals surface area contributed by atoms with E-state index in [2.05, 4.69) is 15.5 Å². The van der Waals surface area contributed by atoms with Crippen molar-refractivity contribution >= 4 is 6.01 Å². The fourth-order valence-electron chi connectivity index (χ4n) is 1.57. The Labute approximate surface area is 82.8 Å². The second-order valence-electron chi connectivity index (χ2n) is 3.61. The number of anilines is 1. The summed E-state index contributed by atoms with van der Waals surface area (Å²) in [5.74, 6) is 1.23. The van der Waals surface area contributed by atoms with Gasteiger partial charge in [0.1, 0.15) is 0 Å². The van der Waals surface area contributed by atoms with Crippen molar-refractivity contribution in [2.45, 2.75) is 19.8 Å². The smallest absolute Gasteiger partial charge is 0.321 e. The number of rotatable bonds is 3. The van der Waals surface area contributed by atoms with Crippen molar-refractivity contribution in [2.24, 2.45) is 5.92 Å². The van der Waals surface area contributed by atoms with E-state index in [-0.39, 0.29) is 0 Å². The molecule has 0 saturated carbocycles. The molecule has 1 aliphatic rings. The van der Waals surface area contributed by atoms with Crippen LogP contribution in [0.15, 0.2) is 4.52 Å². The standard InChI is InChI=1S/C9H15N3O2/c1-7-11-9(14-12-7)10-5-8-3-2-4-13-6-8/h8H,2-6H2,1H3,(H,10,11,12). The van der Waals surface area contributed by atoms with Crippen molar-refractivity contribution in [3.8, 4) is 0 Å². The minimum Gasteiger partial charge on any atom is -0.381 e. The number of ether oxygens (including phenoxy) is 1. The predicted octanol–water partition coefficient (Wildman–Crippen LogP) is 1.22. The Morgan fingerprint density at radius 1 is 1.57 bits per heavy atom. The fourth-order valence-corrected chi connectivity index (χ4v) is 1.57. The highest BCUT2D eigenvalue weighted by atomic mass is 16.5. The highest BCUT2D eigenvalue weighted by Crippen LogP contribution is 2.14. The SMILES string of the molecule is Cc1noc(NCC2CCCOC2)n1. The first-order chi connectivity index (χ1) is 6.84. The average molecular weight is 197 g/mol. The summed E-state index contributed by atoms with van der Waals surface area (Å²) in [7, 11) is 0. The third-order valence-electron chi connectivity index (χ3n) is 2.32. The topological polar surface area (TPSA) is 60.2 Å². The molecule has 0 aliphatic carbocycles. The van der Waals surface area contributed by atoms with E-state index in [1.54, 1.807) is 6.92 Å². The van der Waals surface area contributed by atoms with Crippen molar-refractivity contribution in [1.82, 2.24) is 10.1 Å². The number of aryl methyl sites for hydroxylation is 1. The van der Waals surface area contributed by atoms with E-state index >= 15 is 0 Å². The van der Waals surface area contributed by atoms with Crippen LogP contribution in [-0.2, 0) is 4.74 Å². The molecule has 1 atom stereocenters. The van der Waals surface area contributed by atoms with Gasteiger partial charge in [0, 0.05) is 13.2 Å². The monoisotopic (exact) mass is 197 g/mol. The van der Waals surface area contributed by atoms with Crippen LogP contribution < -0.4 is 5.32 Å². The summed E-state index contributed by atoms with van der Waals surface area (Å²) in [6.45, 7) is 4.39. The molecular formula is C9H15N3O2. The molecule has 5 nitrogen and oxygen atoms in total. The van der Waals surface area contributed by atoms with Crippen molar-refractivity contribution in [1.29, 1.82) is 0 Å². The van der Waals surface area contributed by atoms with Crippen molar-refractivity contribution < 1.29 is 9.26 Å². The van der Waals surface area contributed by atoms with Gasteiger partial charge in [-0.2, -0.15) is 4.98 Å². The van der Waals surface area contributed by atoms with Gasteiger partial charge in [0.25, 0.3) is 0 Å². The normalized spacial score (nSPS) is 22.2. The number of nitrogens with zero attached hydrogens (tertiary/aromatic N) is 2. The number of aromatic nitrogens is 2. The van der Waals surface area contributed by atoms with E-state index in [1.165, 1.54) is 6.42 Å². The van der Waals surface area contributed by atoms with Crippen LogP contribution >= 0.6 is 0 Å². The van der Waals surface area contributed by atoms with Crippen molar-refractivity contribution in [3.05, 3.63) is 5.82 Å². The third-order valence-corrected chi connectivity index (χ3v) is 2.32. The van der Waals surface area contributed by atoms with Gasteiger partial charge in [-0.25, -0.2) is 0 Å². The molecule has 1 aromatic rings. The quantitative estimate of drug-likeness (QED) is 0.789. The summed E-state index contributed by atoms with van der Waals surface area (Å²) in [5.41, 5.74) is 0. The maximum Gasteiger partial charge on any atom is 0.321 e. The summed E-state index contributed by atoms with van der Waals surface area (Å²) in [5, 5.41) is 6.82. The van der Waals surface area contributed by atoms with Crippen molar-refractivity contribution in [2.75, 3.05) is 25.1 Å². The van der Waals surface area contributed by atoms with E-state index < -0.39 is 0 Å². The van der Waals surface area contributed by atoms with Gasteiger partial charge in [0.15, 0.2) is 5.82 Å². The van der Waals surface area contributed by atoms with Gasteiger partial charge in [-0.15, -0.1) is 0 Å². The van der Waals surface area contributed by atoms with E-state index in [0.717, 1.165) is 26.2 Å². The maximum absolute atomic E-state index is 5.37. The van der Waals surface area contributed by atoms with E-state index in [0.29, 0.717) is 17.8 Å². The molecule has 1 fully saturated rings. The lowest BCUT2D eigenvalue weighted by Gasteiger charge is -2.21. The summed E-state index contributed by atoms with van der Waals surface area (Å²) in [6.07, 6.45) is 2.36. The Hall–Kier alpha value is -1.10. The van der Waals surface area contributed by atoms with E-state index in [1.807, 2.05) is 0 Å². The van der Waals surface area contributed by atoms with Crippen LogP contribution in [0.2, 0.25) is 0 Å². The van der Waals surface area contributed by atoms with Crippen LogP contribution in [0.1, 0.15) is 18.7 Å². The summed E-state index contributed by atoms with van der Waals surface area (Å²) in [6, 6.07) is 0.507. The molecule has 1 N–H and O–H groups in total. The summed E-state index contributed by atoms with van der Waals surface area (Å²) >= 11 is 0. The van der Waals surface area contributed by atoms with Crippen molar-refractivity contribution in [3.63, 3.8) is 0 Å². The molecule has 0 radical (unpaired) electrons.